The van der Waals surface area contributed by atoms with Gasteiger partial charge in [-0.3, -0.25) is 0 Å². The van der Waals surface area contributed by atoms with Gasteiger partial charge in [0, 0.05) is 24.7 Å². The van der Waals surface area contributed by atoms with E-state index in [1.807, 2.05) is 23.1 Å². The van der Waals surface area contributed by atoms with Crippen molar-refractivity contribution in [2.24, 2.45) is 0 Å². The van der Waals surface area contributed by atoms with E-state index in [4.69, 9.17) is 0 Å². The molecule has 22 heavy (non-hydrogen) atoms. The quantitative estimate of drug-likeness (QED) is 0.862. The highest BCUT2D eigenvalue weighted by Gasteiger charge is 2.16. The minimum Gasteiger partial charge on any atom is -0.325 e. The van der Waals surface area contributed by atoms with Gasteiger partial charge in [0.1, 0.15) is 0 Å². The van der Waals surface area contributed by atoms with E-state index in [-0.39, 0.29) is 6.03 Å². The van der Waals surface area contributed by atoms with Crippen molar-refractivity contribution >= 4 is 33.3 Å². The minimum absolute atomic E-state index is 0.0230. The Kier molecular flexibility index (Phi) is 4.62. The van der Waals surface area contributed by atoms with Gasteiger partial charge in [-0.25, -0.2) is 9.78 Å². The first-order valence-electron chi connectivity index (χ1n) is 8.10. The molecule has 3 rings (SSSR count). The fraction of sp³-hybridized carbons (Fsp3) is 0.529. The first kappa shape index (κ1) is 15.3. The normalized spacial score (nSPS) is 16.0. The summed E-state index contributed by atoms with van der Waals surface area (Å²) in [5.41, 5.74) is 1.88. The lowest BCUT2D eigenvalue weighted by Crippen LogP contribution is -2.35. The van der Waals surface area contributed by atoms with Crippen LogP contribution >= 0.6 is 11.3 Å². The first-order valence-corrected chi connectivity index (χ1v) is 8.91. The van der Waals surface area contributed by atoms with Crippen molar-refractivity contribution in [3.63, 3.8) is 0 Å². The Hall–Kier alpha value is -1.62. The highest BCUT2D eigenvalue weighted by molar-refractivity contribution is 7.18. The maximum absolute atomic E-state index is 12.4. The standard InChI is InChI=1S/C17H23N3OS/c1-12(2)16-19-14-8-7-13(11-15(14)22-16)18-17(21)20-9-5-3-4-6-10-20/h7-8,11-12H,3-6,9-10H2,1-2H3,(H,18,21). The summed E-state index contributed by atoms with van der Waals surface area (Å²) in [5.74, 6) is 0.438. The number of carbonyl (C=O) groups is 1. The highest BCUT2D eigenvalue weighted by atomic mass is 32.1. The molecule has 0 aliphatic carbocycles. The number of amides is 2. The molecule has 0 spiro atoms. The van der Waals surface area contributed by atoms with Crippen molar-refractivity contribution in [3.05, 3.63) is 23.2 Å². The molecule has 2 amide bonds. The molecule has 1 N–H and O–H groups in total. The lowest BCUT2D eigenvalue weighted by Gasteiger charge is -2.20. The highest BCUT2D eigenvalue weighted by Crippen LogP contribution is 2.29. The van der Waals surface area contributed by atoms with Crippen LogP contribution < -0.4 is 5.32 Å². The van der Waals surface area contributed by atoms with Crippen molar-refractivity contribution in [2.75, 3.05) is 18.4 Å². The number of nitrogens with one attached hydrogen (secondary N) is 1. The summed E-state index contributed by atoms with van der Waals surface area (Å²) >= 11 is 1.71. The average Bonchev–Trinajstić information content (AvgIpc) is 2.73. The van der Waals surface area contributed by atoms with Crippen molar-refractivity contribution in [1.82, 2.24) is 9.88 Å². The number of hydrogen-bond donors (Lipinski definition) is 1. The number of urea groups is 1. The zero-order valence-electron chi connectivity index (χ0n) is 13.3. The monoisotopic (exact) mass is 317 g/mol. The van der Waals surface area contributed by atoms with E-state index in [0.29, 0.717) is 5.92 Å². The van der Waals surface area contributed by atoms with Crippen molar-refractivity contribution in [3.8, 4) is 0 Å². The Balaban J connectivity index is 1.74. The molecule has 4 nitrogen and oxygen atoms in total. The second-order valence-electron chi connectivity index (χ2n) is 6.22. The lowest BCUT2D eigenvalue weighted by atomic mass is 10.2. The van der Waals surface area contributed by atoms with E-state index in [0.717, 1.165) is 46.8 Å². The van der Waals surface area contributed by atoms with E-state index >= 15 is 0 Å². The number of thiazole rings is 1. The number of anilines is 1. The SMILES string of the molecule is CC(C)c1nc2ccc(NC(=O)N3CCCCCC3)cc2s1. The van der Waals surface area contributed by atoms with Crippen molar-refractivity contribution < 1.29 is 4.79 Å². The van der Waals surface area contributed by atoms with E-state index in [9.17, 15) is 4.79 Å². The largest absolute Gasteiger partial charge is 0.325 e. The number of carbonyl (C=O) groups excluding carboxylic acids is 1. The van der Waals surface area contributed by atoms with Crippen LogP contribution in [0.2, 0.25) is 0 Å². The molecule has 1 saturated heterocycles. The molecule has 0 unspecified atom stereocenters. The summed E-state index contributed by atoms with van der Waals surface area (Å²) in [6, 6.07) is 6.00. The Bertz CT molecular complexity index is 657. The molecular weight excluding hydrogens is 294 g/mol. The molecule has 2 aromatic rings. The molecule has 1 aliphatic rings. The summed E-state index contributed by atoms with van der Waals surface area (Å²) in [7, 11) is 0. The van der Waals surface area contributed by atoms with Gasteiger partial charge in [0.2, 0.25) is 0 Å². The second kappa shape index (κ2) is 6.65. The van der Waals surface area contributed by atoms with Gasteiger partial charge in [0.15, 0.2) is 0 Å². The zero-order chi connectivity index (χ0) is 15.5. The van der Waals surface area contributed by atoms with Crippen LogP contribution in [0.5, 0.6) is 0 Å². The Morgan fingerprint density at radius 3 is 2.64 bits per heavy atom. The lowest BCUT2D eigenvalue weighted by molar-refractivity contribution is 0.214. The predicted octanol–water partition coefficient (Wildman–Crippen LogP) is 4.83. The van der Waals surface area contributed by atoms with Crippen LogP contribution in [0.4, 0.5) is 10.5 Å². The molecular formula is C17H23N3OS. The first-order chi connectivity index (χ1) is 10.6. The molecule has 0 bridgehead atoms. The number of fused-ring (bicyclic) bond motifs is 1. The summed E-state index contributed by atoms with van der Waals surface area (Å²) in [6.07, 6.45) is 4.68. The van der Waals surface area contributed by atoms with Crippen LogP contribution in [-0.2, 0) is 0 Å². The Morgan fingerprint density at radius 2 is 1.95 bits per heavy atom. The third-order valence-corrected chi connectivity index (χ3v) is 5.36. The fourth-order valence-electron chi connectivity index (χ4n) is 2.74. The summed E-state index contributed by atoms with van der Waals surface area (Å²) in [6.45, 7) is 6.04. The van der Waals surface area contributed by atoms with Crippen LogP contribution in [0.1, 0.15) is 50.5 Å². The summed E-state index contributed by atoms with van der Waals surface area (Å²) in [5, 5.41) is 4.18. The number of benzene rings is 1. The number of nitrogens with zero attached hydrogens (tertiary/aromatic N) is 2. The predicted molar refractivity (Wildman–Crippen MR) is 92.8 cm³/mol. The molecule has 1 aliphatic heterocycles. The van der Waals surface area contributed by atoms with E-state index < -0.39 is 0 Å². The van der Waals surface area contributed by atoms with Crippen LogP contribution in [0.15, 0.2) is 18.2 Å². The topological polar surface area (TPSA) is 45.2 Å². The number of rotatable bonds is 2. The number of likely N-dealkylation sites (tertiary alicyclic amines) is 1. The van der Waals surface area contributed by atoms with Gasteiger partial charge in [0.05, 0.1) is 15.2 Å². The van der Waals surface area contributed by atoms with Gasteiger partial charge in [-0.1, -0.05) is 26.7 Å². The molecule has 0 atom stereocenters. The summed E-state index contributed by atoms with van der Waals surface area (Å²) < 4.78 is 1.14. The average molecular weight is 317 g/mol. The molecule has 5 heteroatoms. The third kappa shape index (κ3) is 3.40. The van der Waals surface area contributed by atoms with Gasteiger partial charge in [-0.15, -0.1) is 11.3 Å². The maximum atomic E-state index is 12.4. The molecule has 0 radical (unpaired) electrons. The van der Waals surface area contributed by atoms with Gasteiger partial charge in [-0.2, -0.15) is 0 Å². The molecule has 1 aromatic heterocycles. The van der Waals surface area contributed by atoms with Crippen LogP contribution in [0, 0.1) is 0 Å². The fourth-order valence-corrected chi connectivity index (χ4v) is 3.75. The number of aromatic nitrogens is 1. The summed E-state index contributed by atoms with van der Waals surface area (Å²) in [4.78, 5) is 18.9. The van der Waals surface area contributed by atoms with Crippen LogP contribution in [0.3, 0.4) is 0 Å². The minimum atomic E-state index is 0.0230. The van der Waals surface area contributed by atoms with E-state index in [1.54, 1.807) is 11.3 Å². The molecule has 0 saturated carbocycles. The number of hydrogen-bond acceptors (Lipinski definition) is 3. The van der Waals surface area contributed by atoms with Gasteiger partial charge in [-0.05, 0) is 31.0 Å². The second-order valence-corrected chi connectivity index (χ2v) is 7.28. The van der Waals surface area contributed by atoms with Crippen LogP contribution in [-0.4, -0.2) is 29.0 Å². The van der Waals surface area contributed by atoms with E-state index in [1.165, 1.54) is 12.8 Å². The van der Waals surface area contributed by atoms with Gasteiger partial charge >= 0.3 is 6.03 Å². The zero-order valence-corrected chi connectivity index (χ0v) is 14.1. The molecule has 1 fully saturated rings. The molecule has 118 valence electrons. The van der Waals surface area contributed by atoms with Gasteiger partial charge < -0.3 is 10.2 Å². The van der Waals surface area contributed by atoms with E-state index in [2.05, 4.69) is 24.1 Å². The molecule has 1 aromatic carbocycles. The third-order valence-electron chi connectivity index (χ3n) is 4.04. The van der Waals surface area contributed by atoms with Crippen LogP contribution in [0.25, 0.3) is 10.2 Å². The maximum Gasteiger partial charge on any atom is 0.321 e. The van der Waals surface area contributed by atoms with Crippen molar-refractivity contribution in [2.45, 2.75) is 45.4 Å². The Morgan fingerprint density at radius 1 is 1.23 bits per heavy atom. The van der Waals surface area contributed by atoms with Gasteiger partial charge in [0.25, 0.3) is 0 Å². The Labute approximate surface area is 135 Å². The smallest absolute Gasteiger partial charge is 0.321 e. The van der Waals surface area contributed by atoms with Crippen molar-refractivity contribution in [1.29, 1.82) is 0 Å². The molecule has 2 heterocycles.